The second-order valence-corrected chi connectivity index (χ2v) is 6.94. The van der Waals surface area contributed by atoms with Crippen LogP contribution in [0.4, 0.5) is 0 Å². The molecule has 1 aliphatic rings. The molecule has 0 aromatic heterocycles. The molecule has 0 aromatic rings. The number of hydrogen-bond donors (Lipinski definition) is 3. The van der Waals surface area contributed by atoms with Gasteiger partial charge in [0, 0.05) is 49.0 Å². The van der Waals surface area contributed by atoms with Crippen molar-refractivity contribution >= 4 is 36.0 Å². The molecule has 7 heteroatoms. The zero-order chi connectivity index (χ0) is 14.3. The third-order valence-electron chi connectivity index (χ3n) is 2.84. The first-order valence-corrected chi connectivity index (χ1v) is 7.91. The van der Waals surface area contributed by atoms with Gasteiger partial charge in [-0.3, -0.25) is 9.59 Å². The molecule has 1 aliphatic heterocycles. The third kappa shape index (κ3) is 7.97. The van der Waals surface area contributed by atoms with Gasteiger partial charge < -0.3 is 16.0 Å². The van der Waals surface area contributed by atoms with Crippen LogP contribution in [0.3, 0.4) is 0 Å². The van der Waals surface area contributed by atoms with E-state index < -0.39 is 0 Å². The Kier molecular flexibility index (Phi) is 9.25. The van der Waals surface area contributed by atoms with Gasteiger partial charge in [0.15, 0.2) is 0 Å². The van der Waals surface area contributed by atoms with Crippen LogP contribution < -0.4 is 16.0 Å². The van der Waals surface area contributed by atoms with Crippen molar-refractivity contribution in [2.45, 2.75) is 33.2 Å². The van der Waals surface area contributed by atoms with Gasteiger partial charge in [-0.05, 0) is 0 Å². The summed E-state index contributed by atoms with van der Waals surface area (Å²) in [5.74, 6) is 2.17. The van der Waals surface area contributed by atoms with Crippen molar-refractivity contribution in [2.75, 3.05) is 31.1 Å². The highest BCUT2D eigenvalue weighted by Gasteiger charge is 2.20. The summed E-state index contributed by atoms with van der Waals surface area (Å²) >= 11 is 1.88. The summed E-state index contributed by atoms with van der Waals surface area (Å²) in [4.78, 5) is 23.3. The van der Waals surface area contributed by atoms with Crippen LogP contribution in [0.5, 0.6) is 0 Å². The van der Waals surface area contributed by atoms with Crippen LogP contribution in [0.1, 0.15) is 27.2 Å². The van der Waals surface area contributed by atoms with Crippen LogP contribution in [-0.4, -0.2) is 49.0 Å². The van der Waals surface area contributed by atoms with Crippen molar-refractivity contribution in [3.05, 3.63) is 0 Å². The van der Waals surface area contributed by atoms with Crippen LogP contribution in [0, 0.1) is 5.41 Å². The summed E-state index contributed by atoms with van der Waals surface area (Å²) < 4.78 is 0. The van der Waals surface area contributed by atoms with E-state index in [2.05, 4.69) is 16.0 Å². The first-order valence-electron chi connectivity index (χ1n) is 6.75. The van der Waals surface area contributed by atoms with Crippen LogP contribution in [-0.2, 0) is 9.59 Å². The molecular weight excluding hydrogens is 298 g/mol. The standard InChI is InChI=1S/C13H25N3O2S.ClH/c1-13(2,3)12(18)16-5-4-15-11(17)8-10-9-19-7-6-14-10;/h10,14H,4-9H2,1-3H3,(H,15,17)(H,16,18);1H. The number of hydrogen-bond acceptors (Lipinski definition) is 4. The largest absolute Gasteiger partial charge is 0.354 e. The van der Waals surface area contributed by atoms with Gasteiger partial charge in [-0.1, -0.05) is 20.8 Å². The van der Waals surface area contributed by atoms with Crippen LogP contribution in [0.15, 0.2) is 0 Å². The average Bonchev–Trinajstić information content (AvgIpc) is 2.34. The molecule has 1 unspecified atom stereocenters. The van der Waals surface area contributed by atoms with Crippen LogP contribution in [0.2, 0.25) is 0 Å². The molecule has 0 aromatic carbocycles. The molecule has 0 aliphatic carbocycles. The van der Waals surface area contributed by atoms with E-state index in [1.165, 1.54) is 0 Å². The molecule has 118 valence electrons. The Morgan fingerprint density at radius 2 is 1.90 bits per heavy atom. The number of nitrogens with one attached hydrogen (secondary N) is 3. The second-order valence-electron chi connectivity index (χ2n) is 5.79. The maximum absolute atomic E-state index is 11.7. The molecule has 20 heavy (non-hydrogen) atoms. The SMILES string of the molecule is CC(C)(C)C(=O)NCCNC(=O)CC1CSCCN1.Cl. The lowest BCUT2D eigenvalue weighted by atomic mass is 9.96. The summed E-state index contributed by atoms with van der Waals surface area (Å²) in [5, 5.41) is 8.97. The molecule has 0 radical (unpaired) electrons. The van der Waals surface area contributed by atoms with Gasteiger partial charge in [-0.2, -0.15) is 11.8 Å². The number of rotatable bonds is 5. The van der Waals surface area contributed by atoms with E-state index in [1.54, 1.807) is 0 Å². The van der Waals surface area contributed by atoms with Crippen molar-refractivity contribution < 1.29 is 9.59 Å². The Bertz CT molecular complexity index is 315. The van der Waals surface area contributed by atoms with Crippen molar-refractivity contribution in [1.29, 1.82) is 0 Å². The smallest absolute Gasteiger partial charge is 0.225 e. The first kappa shape index (κ1) is 19.5. The van der Waals surface area contributed by atoms with Gasteiger partial charge in [-0.15, -0.1) is 12.4 Å². The Hall–Kier alpha value is -0.460. The van der Waals surface area contributed by atoms with Gasteiger partial charge in [-0.25, -0.2) is 0 Å². The summed E-state index contributed by atoms with van der Waals surface area (Å²) in [7, 11) is 0. The number of halogens is 1. The highest BCUT2D eigenvalue weighted by molar-refractivity contribution is 7.99. The van der Waals surface area contributed by atoms with E-state index in [9.17, 15) is 9.59 Å². The third-order valence-corrected chi connectivity index (χ3v) is 3.98. The predicted octanol–water partition coefficient (Wildman–Crippen LogP) is 0.782. The Balaban J connectivity index is 0.00000361. The molecular formula is C13H26ClN3O2S. The topological polar surface area (TPSA) is 70.2 Å². The Labute approximate surface area is 131 Å². The molecule has 3 N–H and O–H groups in total. The maximum atomic E-state index is 11.7. The first-order chi connectivity index (χ1) is 8.89. The van der Waals surface area contributed by atoms with Crippen molar-refractivity contribution in [1.82, 2.24) is 16.0 Å². The normalized spacial score (nSPS) is 18.9. The average molecular weight is 324 g/mol. The molecule has 1 fully saturated rings. The number of carbonyl (C=O) groups excluding carboxylic acids is 2. The maximum Gasteiger partial charge on any atom is 0.225 e. The monoisotopic (exact) mass is 323 g/mol. The lowest BCUT2D eigenvalue weighted by Crippen LogP contribution is -2.43. The zero-order valence-corrected chi connectivity index (χ0v) is 14.1. The van der Waals surface area contributed by atoms with Crippen LogP contribution >= 0.6 is 24.2 Å². The Morgan fingerprint density at radius 1 is 1.25 bits per heavy atom. The molecule has 1 rings (SSSR count). The fourth-order valence-electron chi connectivity index (χ4n) is 1.69. The lowest BCUT2D eigenvalue weighted by Gasteiger charge is -2.22. The molecule has 0 bridgehead atoms. The van der Waals surface area contributed by atoms with E-state index in [0.29, 0.717) is 19.5 Å². The van der Waals surface area contributed by atoms with Crippen LogP contribution in [0.25, 0.3) is 0 Å². The van der Waals surface area contributed by atoms with E-state index in [4.69, 9.17) is 0 Å². The minimum absolute atomic E-state index is 0. The number of thioether (sulfide) groups is 1. The predicted molar refractivity (Wildman–Crippen MR) is 86.5 cm³/mol. The second kappa shape index (κ2) is 9.47. The highest BCUT2D eigenvalue weighted by Crippen LogP contribution is 2.12. The van der Waals surface area contributed by atoms with E-state index in [-0.39, 0.29) is 35.7 Å². The summed E-state index contributed by atoms with van der Waals surface area (Å²) in [6.07, 6.45) is 0.514. The van der Waals surface area contributed by atoms with Crippen molar-refractivity contribution in [3.8, 4) is 0 Å². The molecule has 0 spiro atoms. The van der Waals surface area contributed by atoms with Gasteiger partial charge >= 0.3 is 0 Å². The molecule has 1 saturated heterocycles. The lowest BCUT2D eigenvalue weighted by molar-refractivity contribution is -0.128. The summed E-state index contributed by atoms with van der Waals surface area (Å²) in [6, 6.07) is 0.280. The van der Waals surface area contributed by atoms with Gasteiger partial charge in [0.2, 0.25) is 11.8 Å². The molecule has 1 atom stereocenters. The molecule has 1 heterocycles. The molecule has 2 amide bonds. The summed E-state index contributed by atoms with van der Waals surface area (Å²) in [5.41, 5.74) is -0.382. The van der Waals surface area contributed by atoms with Gasteiger partial charge in [0.05, 0.1) is 0 Å². The molecule has 0 saturated carbocycles. The van der Waals surface area contributed by atoms with Crippen molar-refractivity contribution in [2.24, 2.45) is 5.41 Å². The quantitative estimate of drug-likeness (QED) is 0.654. The van der Waals surface area contributed by atoms with E-state index in [0.717, 1.165) is 18.1 Å². The highest BCUT2D eigenvalue weighted by atomic mass is 35.5. The van der Waals surface area contributed by atoms with E-state index in [1.807, 2.05) is 32.5 Å². The fraction of sp³-hybridized carbons (Fsp3) is 0.846. The minimum Gasteiger partial charge on any atom is -0.354 e. The fourth-order valence-corrected chi connectivity index (χ4v) is 2.64. The molecule has 5 nitrogen and oxygen atoms in total. The van der Waals surface area contributed by atoms with Gasteiger partial charge in [0.25, 0.3) is 0 Å². The summed E-state index contributed by atoms with van der Waals surface area (Å²) in [6.45, 7) is 7.55. The Morgan fingerprint density at radius 3 is 2.45 bits per heavy atom. The van der Waals surface area contributed by atoms with Gasteiger partial charge in [0.1, 0.15) is 0 Å². The van der Waals surface area contributed by atoms with E-state index >= 15 is 0 Å². The number of amides is 2. The zero-order valence-electron chi connectivity index (χ0n) is 12.5. The number of carbonyl (C=O) groups is 2. The van der Waals surface area contributed by atoms with Crippen molar-refractivity contribution in [3.63, 3.8) is 0 Å². The minimum atomic E-state index is -0.382.